The Bertz CT molecular complexity index is 3680. The molecule has 12 nitrogen and oxygen atoms in total. The quantitative estimate of drug-likeness (QED) is 0.0243. The number of ether oxygens (including phenoxy) is 5. The van der Waals surface area contributed by atoms with Crippen LogP contribution in [0.1, 0.15) is 185 Å². The first kappa shape index (κ1) is 65.4. The van der Waals surface area contributed by atoms with E-state index in [-0.39, 0.29) is 102 Å². The van der Waals surface area contributed by atoms with E-state index in [1.807, 2.05) is 99.8 Å². The zero-order valence-electron chi connectivity index (χ0n) is 54.0. The number of ketones is 4. The summed E-state index contributed by atoms with van der Waals surface area (Å²) in [4.78, 5) is 72.6. The van der Waals surface area contributed by atoms with Gasteiger partial charge in [0.25, 0.3) is 0 Å². The van der Waals surface area contributed by atoms with Crippen molar-refractivity contribution in [2.24, 2.45) is 40.5 Å². The molecule has 5 aromatic rings. The minimum atomic E-state index is -0.314. The lowest BCUT2D eigenvalue weighted by Crippen LogP contribution is -2.22. The zero-order valence-corrected chi connectivity index (χ0v) is 54.0. The van der Waals surface area contributed by atoms with Gasteiger partial charge >= 0.3 is 5.97 Å². The second-order valence-electron chi connectivity index (χ2n) is 25.9. The van der Waals surface area contributed by atoms with E-state index in [1.165, 1.54) is 53.9 Å². The lowest BCUT2D eigenvalue weighted by molar-refractivity contribution is -0.144. The van der Waals surface area contributed by atoms with Crippen LogP contribution in [-0.2, 0) is 19.1 Å². The van der Waals surface area contributed by atoms with Crippen LogP contribution in [0.15, 0.2) is 156 Å². The first-order chi connectivity index (χ1) is 44.1. The number of Topliss-reactive ketones (excluding diaryl/α,β-unsaturated/α-hetero) is 2. The molecular weight excluding hydrogens is 1140 g/mol. The van der Waals surface area contributed by atoms with E-state index in [0.717, 1.165) is 41.9 Å². The van der Waals surface area contributed by atoms with Gasteiger partial charge < -0.3 is 29.1 Å². The second-order valence-corrected chi connectivity index (χ2v) is 25.9. The lowest BCUT2D eigenvalue weighted by atomic mass is 9.79. The lowest BCUT2D eigenvalue weighted by Gasteiger charge is -2.25. The number of nitrogens with zero attached hydrogens (tertiary/aromatic N) is 1. The van der Waals surface area contributed by atoms with Crippen molar-refractivity contribution in [3.05, 3.63) is 190 Å². The summed E-state index contributed by atoms with van der Waals surface area (Å²) >= 11 is 0. The molecule has 0 aromatic heterocycles. The van der Waals surface area contributed by atoms with E-state index in [1.54, 1.807) is 30.9 Å². The molecule has 5 aromatic carbocycles. The number of methoxy groups -OCH3 is 2. The monoisotopic (exact) mass is 1220 g/mol. The van der Waals surface area contributed by atoms with Gasteiger partial charge in [-0.25, -0.2) is 0 Å². The van der Waals surface area contributed by atoms with Gasteiger partial charge in [0, 0.05) is 72.9 Å². The van der Waals surface area contributed by atoms with Crippen LogP contribution in [0.5, 0.6) is 23.0 Å². The third kappa shape index (κ3) is 16.3. The predicted octanol–water partition coefficient (Wildman–Crippen LogP) is 17.5. The molecule has 1 fully saturated rings. The summed E-state index contributed by atoms with van der Waals surface area (Å²) in [5, 5.41) is 8.90. The predicted molar refractivity (Wildman–Crippen MR) is 361 cm³/mol. The Morgan fingerprint density at radius 1 is 0.692 bits per heavy atom. The first-order valence-electron chi connectivity index (χ1n) is 32.9. The van der Waals surface area contributed by atoms with Gasteiger partial charge in [-0.05, 0) is 163 Å². The Hall–Kier alpha value is -8.51. The number of fused-ring (bicyclic) bond motifs is 6. The smallest absolute Gasteiger partial charge is 0.305 e. The minimum absolute atomic E-state index is 0.000112. The summed E-state index contributed by atoms with van der Waals surface area (Å²) in [6.45, 7) is 11.1. The van der Waals surface area contributed by atoms with Gasteiger partial charge in [0.05, 0.1) is 38.7 Å². The van der Waals surface area contributed by atoms with Crippen LogP contribution in [-0.4, -0.2) is 75.1 Å². The average Bonchev–Trinajstić information content (AvgIpc) is 1.74. The third-order valence-electron chi connectivity index (χ3n) is 18.9. The number of aliphatic imine (C=N–C) groups is 1. The molecule has 4 aliphatic carbocycles. The van der Waals surface area contributed by atoms with Crippen LogP contribution in [0.3, 0.4) is 0 Å². The molecule has 12 heteroatoms. The van der Waals surface area contributed by atoms with Crippen molar-refractivity contribution < 1.29 is 47.7 Å². The van der Waals surface area contributed by atoms with E-state index < -0.39 is 0 Å². The first-order valence-corrected chi connectivity index (χ1v) is 32.9. The molecule has 0 spiro atoms. The molecule has 5 aliphatic rings. The average molecular weight is 1230 g/mol. The summed E-state index contributed by atoms with van der Waals surface area (Å²) in [7, 11) is 3.13. The molecule has 5 unspecified atom stereocenters. The third-order valence-corrected chi connectivity index (χ3v) is 18.9. The molecule has 474 valence electrons. The van der Waals surface area contributed by atoms with Crippen molar-refractivity contribution in [2.45, 2.75) is 136 Å². The fraction of sp³-hybridized carbons (Fsp3) is 0.405. The van der Waals surface area contributed by atoms with Crippen molar-refractivity contribution in [1.29, 1.82) is 5.41 Å². The Morgan fingerprint density at radius 2 is 1.36 bits per heavy atom. The summed E-state index contributed by atoms with van der Waals surface area (Å²) in [5.41, 5.74) is 12.6. The molecule has 10 rings (SSSR count). The topological polar surface area (TPSA) is 168 Å². The Kier molecular flexibility index (Phi) is 22.0. The van der Waals surface area contributed by atoms with Crippen LogP contribution in [0.2, 0.25) is 0 Å². The van der Waals surface area contributed by atoms with Crippen LogP contribution >= 0.6 is 0 Å². The number of nitrogens with one attached hydrogen (secondary N) is 1. The fourth-order valence-corrected chi connectivity index (χ4v) is 13.4. The van der Waals surface area contributed by atoms with E-state index in [9.17, 15) is 24.0 Å². The number of allylic oxidation sites excluding steroid dienone is 10. The largest absolute Gasteiger partial charge is 0.493 e. The summed E-state index contributed by atoms with van der Waals surface area (Å²) in [5.74, 6) is 2.21. The van der Waals surface area contributed by atoms with E-state index >= 15 is 0 Å². The maximum Gasteiger partial charge on any atom is 0.305 e. The Labute approximate surface area is 537 Å². The van der Waals surface area contributed by atoms with Gasteiger partial charge in [-0.1, -0.05) is 149 Å². The maximum atomic E-state index is 14.0. The number of carbonyl (C=O) groups excluding carboxylic acids is 5. The summed E-state index contributed by atoms with van der Waals surface area (Å²) < 4.78 is 30.0. The summed E-state index contributed by atoms with van der Waals surface area (Å²) in [6.07, 6.45) is 25.1. The highest BCUT2D eigenvalue weighted by molar-refractivity contribution is 6.11. The molecule has 1 aliphatic heterocycles. The number of rotatable bonds is 26. The van der Waals surface area contributed by atoms with Gasteiger partial charge in [-0.15, -0.1) is 0 Å². The SMILES string of the molecule is COc1cc2c(cc1OCCCOc1cc3c(cc1OC)C(=O)/C=C1/CC=C(C4CC4)CC1/C=C/CC3C)N=CC(C)CC(c1ccc(C(=N)CC(=O)C(C)CCCC(=O)C(CCCC(=O)OCC3c4ccccc4-c4ccccc43)C(C)C)cc1)=CC=CC2=O. The number of carbonyl (C=O) groups is 5. The van der Waals surface area contributed by atoms with Crippen molar-refractivity contribution in [1.82, 2.24) is 0 Å². The van der Waals surface area contributed by atoms with Crippen LogP contribution < -0.4 is 18.9 Å². The number of esters is 1. The van der Waals surface area contributed by atoms with Crippen LogP contribution in [0, 0.1) is 40.9 Å². The summed E-state index contributed by atoms with van der Waals surface area (Å²) in [6, 6.07) is 31.4. The van der Waals surface area contributed by atoms with Gasteiger partial charge in [-0.2, -0.15) is 0 Å². The molecular formula is C79H88N2O10. The van der Waals surface area contributed by atoms with Crippen molar-refractivity contribution >= 4 is 52.3 Å². The van der Waals surface area contributed by atoms with Crippen LogP contribution in [0.4, 0.5) is 5.69 Å². The van der Waals surface area contributed by atoms with Crippen LogP contribution in [0.25, 0.3) is 16.7 Å². The molecule has 0 radical (unpaired) electrons. The normalized spacial score (nSPS) is 19.5. The zero-order chi connectivity index (χ0) is 64.1. The number of benzene rings is 5. The van der Waals surface area contributed by atoms with E-state index in [0.29, 0.717) is 96.9 Å². The molecule has 1 N–H and O–H groups in total. The Morgan fingerprint density at radius 3 is 2.04 bits per heavy atom. The highest BCUT2D eigenvalue weighted by Gasteiger charge is 2.33. The maximum absolute atomic E-state index is 14.0. The van der Waals surface area contributed by atoms with E-state index in [2.05, 4.69) is 56.3 Å². The van der Waals surface area contributed by atoms with Gasteiger partial charge in [-0.3, -0.25) is 29.0 Å². The fourth-order valence-electron chi connectivity index (χ4n) is 13.4. The molecule has 0 saturated heterocycles. The van der Waals surface area contributed by atoms with E-state index in [4.69, 9.17) is 34.1 Å². The highest BCUT2D eigenvalue weighted by atomic mass is 16.5. The van der Waals surface area contributed by atoms with Crippen molar-refractivity contribution in [3.63, 3.8) is 0 Å². The van der Waals surface area contributed by atoms with Gasteiger partial charge in [0.1, 0.15) is 18.2 Å². The molecule has 0 bridgehead atoms. The molecule has 0 amide bonds. The highest BCUT2D eigenvalue weighted by Crippen LogP contribution is 2.47. The number of hydrogen-bond donors (Lipinski definition) is 1. The molecule has 5 atom stereocenters. The minimum Gasteiger partial charge on any atom is -0.493 e. The number of hydrogen-bond acceptors (Lipinski definition) is 12. The van der Waals surface area contributed by atoms with Gasteiger partial charge in [0.2, 0.25) is 0 Å². The Balaban J connectivity index is 0.673. The standard InChI is InChI=1S/C79H88N2O10/c1-49(2)60(25-15-28-79(86)91-48-68-63-23-10-8-21-61(63)62-22-9-11-24-64(62)68)71(82)26-13-18-52(5)73(84)45-69(80)55-33-31-53(32-34-55)56-20-14-27-72(83)67-44-76(88-7)78(46-70(67)81-47-50(3)39-56)90-38-16-37-89-77-42-65-51(4)17-12-19-57-40-58(54-29-30-54)35-36-59(57)41-74(85)66(65)43-75(77)87-6/h8-12,14,19-24,27,31-35,41-44,46-47,49-52,54,57,60,68,80H,13,15-18,25-26,28-30,36-40,45,48H2,1-7H3/b19-12+,27-14?,56-20?,59-41-,80-69?,81-47?. The molecule has 91 heavy (non-hydrogen) atoms. The van der Waals surface area contributed by atoms with Crippen molar-refractivity contribution in [2.75, 3.05) is 34.0 Å². The molecule has 1 heterocycles. The second kappa shape index (κ2) is 30.5. The van der Waals surface area contributed by atoms with Gasteiger partial charge in [0.15, 0.2) is 34.6 Å². The molecule has 1 saturated carbocycles. The van der Waals surface area contributed by atoms with Crippen molar-refractivity contribution in [3.8, 4) is 34.1 Å².